The maximum atomic E-state index is 11.9. The Morgan fingerprint density at radius 2 is 2.17 bits per heavy atom. The number of alkyl halides is 1. The molecule has 18 heavy (non-hydrogen) atoms. The van der Waals surface area contributed by atoms with Crippen molar-refractivity contribution in [3.05, 3.63) is 40.4 Å². The fraction of sp³-hybridized carbons (Fsp3) is 0.308. The molecule has 0 aliphatic carbocycles. The molecule has 0 saturated carbocycles. The molecule has 1 radical (unpaired) electrons. The summed E-state index contributed by atoms with van der Waals surface area (Å²) in [6.07, 6.45) is 3.86. The molecule has 5 heteroatoms. The molecular weight excluding hydrogens is 390 g/mol. The zero-order valence-electron chi connectivity index (χ0n) is 10.2. The van der Waals surface area contributed by atoms with Crippen LogP contribution < -0.4 is 0 Å². The number of nitrogens with zero attached hydrogens (tertiary/aromatic N) is 1. The van der Waals surface area contributed by atoms with E-state index in [4.69, 9.17) is 11.6 Å². The largest absolute Gasteiger partial charge is 0.350 e. The number of hydrogen-bond acceptors (Lipinski definition) is 1. The molecule has 1 aliphatic rings. The van der Waals surface area contributed by atoms with Crippen LogP contribution in [-0.2, 0) is 37.5 Å². The Morgan fingerprint density at radius 1 is 1.50 bits per heavy atom. The molecule has 0 saturated heterocycles. The van der Waals surface area contributed by atoms with Crippen LogP contribution in [0.4, 0.5) is 0 Å². The Hall–Kier alpha value is 0.304. The first kappa shape index (κ1) is 16.4. The van der Waals surface area contributed by atoms with Crippen LogP contribution in [-0.4, -0.2) is 22.7 Å². The van der Waals surface area contributed by atoms with E-state index in [1.807, 2.05) is 25.1 Å². The number of hydrogen-bond donors (Lipinski definition) is 0. The summed E-state index contributed by atoms with van der Waals surface area (Å²) < 4.78 is 0. The second-order valence-electron chi connectivity index (χ2n) is 4.05. The minimum absolute atomic E-state index is 0. The van der Waals surface area contributed by atoms with Gasteiger partial charge in [0.25, 0.3) is 0 Å². The molecule has 1 aliphatic heterocycles. The first-order chi connectivity index (χ1) is 8.00. The van der Waals surface area contributed by atoms with Crippen LogP contribution in [0.1, 0.15) is 17.5 Å². The van der Waals surface area contributed by atoms with Crippen molar-refractivity contribution in [1.29, 1.82) is 0 Å². The maximum Gasteiger partial charge on any atom is 0.236 e. The van der Waals surface area contributed by atoms with Crippen LogP contribution in [0.5, 0.6) is 0 Å². The smallest absolute Gasteiger partial charge is 0.236 e. The van der Waals surface area contributed by atoms with E-state index >= 15 is 0 Å². The third kappa shape index (κ3) is 3.24. The molecule has 2 nitrogen and oxygen atoms in total. The third-order valence-corrected chi connectivity index (χ3v) is 3.78. The van der Waals surface area contributed by atoms with Gasteiger partial charge in [-0.2, -0.15) is 0 Å². The Kier molecular flexibility index (Phi) is 6.04. The summed E-state index contributed by atoms with van der Waals surface area (Å²) >= 11 is 9.26. The van der Waals surface area contributed by atoms with E-state index in [9.17, 15) is 4.79 Å². The van der Waals surface area contributed by atoms with Crippen molar-refractivity contribution in [2.45, 2.75) is 18.2 Å². The molecule has 93 valence electrons. The van der Waals surface area contributed by atoms with Crippen molar-refractivity contribution >= 4 is 39.1 Å². The topological polar surface area (TPSA) is 20.3 Å². The summed E-state index contributed by atoms with van der Waals surface area (Å²) in [6.45, 7) is 1.98. The Balaban J connectivity index is 0.00000162. The van der Waals surface area contributed by atoms with Gasteiger partial charge in [-0.1, -0.05) is 53.0 Å². The number of amides is 1. The van der Waals surface area contributed by atoms with Crippen molar-refractivity contribution < 1.29 is 37.5 Å². The average molecular weight is 403 g/mol. The van der Waals surface area contributed by atoms with Crippen molar-refractivity contribution in [1.82, 2.24) is 4.90 Å². The number of carbonyl (C=O) groups is 1. The van der Waals surface area contributed by atoms with Crippen LogP contribution in [0.15, 0.2) is 18.2 Å². The molecule has 1 amide bonds. The van der Waals surface area contributed by atoms with Gasteiger partial charge in [-0.05, 0) is 0 Å². The van der Waals surface area contributed by atoms with Gasteiger partial charge in [-0.3, -0.25) is 4.79 Å². The van der Waals surface area contributed by atoms with Gasteiger partial charge in [0, 0.05) is 44.8 Å². The molecular formula is C13H12BrClNOY-. The van der Waals surface area contributed by atoms with Gasteiger partial charge >= 0.3 is 0 Å². The first-order valence-corrected chi connectivity index (χ1v) is 6.59. The standard InChI is InChI=1S/C13H12BrClNO.Y/c1-8-7-9(15)3-4-10(8)12-6-5-11(14)13(17)16(12)2;/h3-4,7,11H,5H2,1-2H3;/q-1;. The first-order valence-electron chi connectivity index (χ1n) is 5.29. The van der Waals surface area contributed by atoms with Crippen LogP contribution in [0.2, 0.25) is 5.02 Å². The van der Waals surface area contributed by atoms with E-state index < -0.39 is 0 Å². The van der Waals surface area contributed by atoms with Crippen LogP contribution in [0.25, 0.3) is 5.70 Å². The predicted octanol–water partition coefficient (Wildman–Crippen LogP) is 3.42. The second-order valence-corrected chi connectivity index (χ2v) is 5.60. The normalized spacial score (nSPS) is 19.3. The minimum Gasteiger partial charge on any atom is -0.350 e. The van der Waals surface area contributed by atoms with Crippen LogP contribution in [0.3, 0.4) is 0 Å². The van der Waals surface area contributed by atoms with Gasteiger partial charge in [0.1, 0.15) is 0 Å². The quantitative estimate of drug-likeness (QED) is 0.521. The molecule has 0 spiro atoms. The number of benzene rings is 1. The fourth-order valence-electron chi connectivity index (χ4n) is 1.88. The zero-order valence-corrected chi connectivity index (χ0v) is 15.4. The summed E-state index contributed by atoms with van der Waals surface area (Å²) in [5.74, 6) is 0.0631. The van der Waals surface area contributed by atoms with E-state index in [2.05, 4.69) is 22.0 Å². The van der Waals surface area contributed by atoms with E-state index in [-0.39, 0.29) is 43.4 Å². The summed E-state index contributed by atoms with van der Waals surface area (Å²) in [7, 11) is 1.77. The van der Waals surface area contributed by atoms with E-state index in [0.717, 1.165) is 16.8 Å². The Bertz CT molecular complexity index is 504. The number of rotatable bonds is 1. The molecule has 1 atom stereocenters. The van der Waals surface area contributed by atoms with E-state index in [1.54, 1.807) is 11.9 Å². The summed E-state index contributed by atoms with van der Waals surface area (Å²) in [5.41, 5.74) is 2.89. The molecule has 0 N–H and O–H groups in total. The molecule has 0 bridgehead atoms. The third-order valence-electron chi connectivity index (χ3n) is 2.83. The average Bonchev–Trinajstić information content (AvgIpc) is 2.28. The molecule has 1 aromatic rings. The van der Waals surface area contributed by atoms with Gasteiger partial charge in [0.15, 0.2) is 0 Å². The van der Waals surface area contributed by atoms with Crippen molar-refractivity contribution in [2.75, 3.05) is 7.05 Å². The predicted molar refractivity (Wildman–Crippen MR) is 72.9 cm³/mol. The summed E-state index contributed by atoms with van der Waals surface area (Å²) in [6, 6.07) is 5.65. The van der Waals surface area contributed by atoms with Crippen molar-refractivity contribution in [2.24, 2.45) is 0 Å². The molecule has 0 aromatic heterocycles. The van der Waals surface area contributed by atoms with Gasteiger partial charge in [0.05, 0.1) is 4.83 Å². The van der Waals surface area contributed by atoms with E-state index in [1.165, 1.54) is 0 Å². The van der Waals surface area contributed by atoms with Gasteiger partial charge in [-0.15, -0.1) is 22.9 Å². The van der Waals surface area contributed by atoms with Crippen LogP contribution in [0, 0.1) is 13.0 Å². The monoisotopic (exact) mass is 401 g/mol. The maximum absolute atomic E-state index is 11.9. The number of allylic oxidation sites excluding steroid dienone is 1. The van der Waals surface area contributed by atoms with Gasteiger partial charge in [-0.25, -0.2) is 6.08 Å². The molecule has 1 unspecified atom stereocenters. The number of halogens is 2. The summed E-state index contributed by atoms with van der Waals surface area (Å²) in [4.78, 5) is 13.4. The SMILES string of the molecule is Cc1cc(Cl)ccc1C1=[C-]CC(Br)C(=O)N1C.[Y]. The number of carbonyl (C=O) groups excluding carboxylic acids is 1. The Morgan fingerprint density at radius 3 is 2.78 bits per heavy atom. The van der Waals surface area contributed by atoms with Crippen molar-refractivity contribution in [3.63, 3.8) is 0 Å². The molecule has 2 rings (SSSR count). The van der Waals surface area contributed by atoms with E-state index in [0.29, 0.717) is 11.4 Å². The molecule has 1 heterocycles. The molecule has 0 fully saturated rings. The second kappa shape index (κ2) is 6.65. The fourth-order valence-corrected chi connectivity index (χ4v) is 2.58. The van der Waals surface area contributed by atoms with Crippen LogP contribution >= 0.6 is 27.5 Å². The number of aryl methyl sites for hydroxylation is 1. The summed E-state index contributed by atoms with van der Waals surface area (Å²) in [5, 5.41) is 0.704. The van der Waals surface area contributed by atoms with Gasteiger partial charge < -0.3 is 4.90 Å². The zero-order chi connectivity index (χ0) is 12.6. The minimum atomic E-state index is -0.163. The Labute approximate surface area is 146 Å². The molecule has 1 aromatic carbocycles. The van der Waals surface area contributed by atoms with Crippen molar-refractivity contribution in [3.8, 4) is 0 Å². The van der Waals surface area contributed by atoms with Gasteiger partial charge in [0.2, 0.25) is 5.91 Å².